The fraction of sp³-hybridized carbons (Fsp3) is 0.592. The van der Waals surface area contributed by atoms with Crippen LogP contribution in [0.4, 0.5) is 0 Å². The molecular weight excluding hydrogens is 1170 g/mol. The van der Waals surface area contributed by atoms with E-state index in [0.717, 1.165) is 33.3 Å². The number of ketones is 1. The van der Waals surface area contributed by atoms with Gasteiger partial charge in [-0.05, 0) is 44.6 Å². The number of amides is 11. The number of aliphatic carboxylic acids is 1. The quantitative estimate of drug-likeness (QED) is 0.0135. The molecule has 0 aromatic heterocycles. The number of carbonyl (C=O) groups excluding carboxylic acids is 12. The molecule has 0 spiro atoms. The lowest BCUT2D eigenvalue weighted by Gasteiger charge is -2.27. The highest BCUT2D eigenvalue weighted by atomic mass is 33.1. The number of nitrogens with two attached hydrogens (primary N) is 2. The smallest absolute Gasteiger partial charge is 0.305 e. The third-order valence-electron chi connectivity index (χ3n) is 11.8. The van der Waals surface area contributed by atoms with E-state index in [0.29, 0.717) is 5.56 Å². The van der Waals surface area contributed by atoms with Crippen LogP contribution in [0.25, 0.3) is 0 Å². The fourth-order valence-corrected chi connectivity index (χ4v) is 10.8. The summed E-state index contributed by atoms with van der Waals surface area (Å²) in [5, 5.41) is 47.7. The molecule has 3 rings (SSSR count). The second-order valence-corrected chi connectivity index (χ2v) is 22.3. The average Bonchev–Trinajstić information content (AvgIpc) is 3.67. The molecule has 2 saturated heterocycles. The Hall–Kier alpha value is -7.31. The summed E-state index contributed by atoms with van der Waals surface area (Å²) >= 11 is 0.934. The number of nitrogens with one attached hydrogen (secondary N) is 13. The number of rotatable bonds is 26. The van der Waals surface area contributed by atoms with E-state index in [1.807, 2.05) is 0 Å². The Morgan fingerprint density at radius 3 is 1.74 bits per heavy atom. The molecule has 0 aliphatic carbocycles. The number of unbranched alkanes of at least 4 members (excludes halogenated alkanes) is 1. The lowest BCUT2D eigenvalue weighted by molar-refractivity contribution is -0.141. The topological polar surface area (TPSA) is 490 Å². The maximum atomic E-state index is 14.3. The molecule has 32 nitrogen and oxygen atoms in total. The zero-order valence-electron chi connectivity index (χ0n) is 46.1. The van der Waals surface area contributed by atoms with Gasteiger partial charge in [0.2, 0.25) is 65.0 Å². The summed E-state index contributed by atoms with van der Waals surface area (Å²) in [6.45, 7) is -0.0697. The van der Waals surface area contributed by atoms with Crippen molar-refractivity contribution in [3.63, 3.8) is 0 Å². The number of carboxylic acid groups (broad SMARTS) is 1. The van der Waals surface area contributed by atoms with Crippen LogP contribution in [0.15, 0.2) is 30.3 Å². The normalized spacial score (nSPS) is 21.8. The van der Waals surface area contributed by atoms with Crippen molar-refractivity contribution in [2.45, 2.75) is 94.2 Å². The van der Waals surface area contributed by atoms with Crippen LogP contribution in [0.3, 0.4) is 0 Å². The molecule has 0 saturated carbocycles. The lowest BCUT2D eigenvalue weighted by atomic mass is 10.0. The number of fused-ring (bicyclic) bond motifs is 5. The van der Waals surface area contributed by atoms with Crippen molar-refractivity contribution in [1.82, 2.24) is 63.8 Å². The fourth-order valence-electron chi connectivity index (χ4n) is 7.57. The van der Waals surface area contributed by atoms with Gasteiger partial charge < -0.3 is 84.1 Å². The predicted octanol–water partition coefficient (Wildman–Crippen LogP) is -6.35. The van der Waals surface area contributed by atoms with E-state index in [2.05, 4.69) is 68.6 Å². The van der Waals surface area contributed by atoms with E-state index in [9.17, 15) is 67.4 Å². The molecule has 466 valence electrons. The number of hydrogen-bond acceptors (Lipinski definition) is 21. The summed E-state index contributed by atoms with van der Waals surface area (Å²) in [5.41, 5.74) is 6.00. The van der Waals surface area contributed by atoms with Gasteiger partial charge in [0.15, 0.2) is 11.7 Å². The van der Waals surface area contributed by atoms with Gasteiger partial charge in [0.05, 0.1) is 38.0 Å². The highest BCUT2D eigenvalue weighted by Gasteiger charge is 2.35. The van der Waals surface area contributed by atoms with E-state index < -0.39 is 145 Å². The minimum atomic E-state index is -1.80. The van der Waals surface area contributed by atoms with Crippen LogP contribution in [0.2, 0.25) is 0 Å². The first-order valence-corrected chi connectivity index (χ1v) is 30.1. The summed E-state index contributed by atoms with van der Waals surface area (Å²) in [4.78, 5) is 177. The summed E-state index contributed by atoms with van der Waals surface area (Å²) < 4.78 is 10.5. The van der Waals surface area contributed by atoms with E-state index in [1.54, 1.807) is 30.3 Å². The summed E-state index contributed by atoms with van der Waals surface area (Å²) in [6.07, 6.45) is -0.674. The Labute approximate surface area is 495 Å². The average molecular weight is 1240 g/mol. The number of ether oxygens (including phenoxy) is 2. The first kappa shape index (κ1) is 71.0. The number of guanidine groups is 1. The molecule has 2 fully saturated rings. The molecule has 11 amide bonds. The SMILES string of the molecule is CC(=O)[C@@H]1CSCC(=O)N[C@@H](CCCCNC(=O)COCC(=O)NCCOCCNC(=O)CON)C(=O)N[C@H]2CSSC[C@H](NC(=O)[C@H](CC(=O)O)NC(=O)CNC(=O)[C@H](CCCNC(=N)N)NC2=O)C(=O)N[C@@H](Cc2ccccc2)C(=O)N1. The molecule has 84 heavy (non-hydrogen) atoms. The molecule has 2 heterocycles. The molecule has 18 N–H and O–H groups in total. The molecule has 1 aromatic rings. The van der Waals surface area contributed by atoms with Gasteiger partial charge in [-0.25, -0.2) is 5.90 Å². The number of carbonyl (C=O) groups is 13. The van der Waals surface area contributed by atoms with E-state index in [-0.39, 0.29) is 113 Å². The number of hydrogen-bond donors (Lipinski definition) is 16. The maximum absolute atomic E-state index is 14.3. The predicted molar refractivity (Wildman–Crippen MR) is 306 cm³/mol. The van der Waals surface area contributed by atoms with Gasteiger partial charge in [0, 0.05) is 49.9 Å². The highest BCUT2D eigenvalue weighted by molar-refractivity contribution is 8.76. The Morgan fingerprint density at radius 1 is 0.607 bits per heavy atom. The van der Waals surface area contributed by atoms with E-state index in [4.69, 9.17) is 26.5 Å². The molecule has 2 aliphatic rings. The van der Waals surface area contributed by atoms with Crippen molar-refractivity contribution in [3.05, 3.63) is 35.9 Å². The van der Waals surface area contributed by atoms with E-state index in [1.165, 1.54) is 6.92 Å². The Bertz CT molecular complexity index is 2440. The van der Waals surface area contributed by atoms with Gasteiger partial charge in [-0.2, -0.15) is 0 Å². The zero-order chi connectivity index (χ0) is 61.8. The second kappa shape index (κ2) is 40.0. The van der Waals surface area contributed by atoms with Crippen LogP contribution >= 0.6 is 33.3 Å². The Kier molecular flexibility index (Phi) is 33.8. The van der Waals surface area contributed by atoms with Crippen LogP contribution in [0.5, 0.6) is 0 Å². The number of Topliss-reactive ketones (excluding diaryl/α,β-unsaturated/α-hetero) is 1. The third kappa shape index (κ3) is 29.8. The third-order valence-corrected chi connectivity index (χ3v) is 15.3. The first-order chi connectivity index (χ1) is 40.1. The number of carboxylic acids is 1. The number of benzene rings is 1. The van der Waals surface area contributed by atoms with Crippen LogP contribution in [-0.2, 0) is 83.1 Å². The van der Waals surface area contributed by atoms with Crippen molar-refractivity contribution >= 4 is 116 Å². The van der Waals surface area contributed by atoms with Crippen molar-refractivity contribution in [2.24, 2.45) is 11.6 Å². The van der Waals surface area contributed by atoms with Crippen molar-refractivity contribution < 1.29 is 81.7 Å². The van der Waals surface area contributed by atoms with Gasteiger partial charge in [0.1, 0.15) is 56.1 Å². The van der Waals surface area contributed by atoms with E-state index >= 15 is 0 Å². The van der Waals surface area contributed by atoms with Gasteiger partial charge in [-0.1, -0.05) is 51.9 Å². The molecule has 2 bridgehead atoms. The van der Waals surface area contributed by atoms with Crippen LogP contribution < -0.4 is 75.4 Å². The van der Waals surface area contributed by atoms with Gasteiger partial charge in [0.25, 0.3) is 0 Å². The first-order valence-electron chi connectivity index (χ1n) is 26.5. The highest BCUT2D eigenvalue weighted by Crippen LogP contribution is 2.24. The standard InChI is InChI=1S/C49H75N15O17S3/c1-28(65)34-24-82-27-41(70)58-31(10-5-6-12-53-38(67)21-80-22-39(68)54-14-16-79-17-15-55-40(69)23-81-52)44(74)63-35-25-83-84-26-36(48(78)61-32(45(75)62-34)18-29-8-3-2-4-9-29)64-46(76)33(19-42(71)72)59-37(66)20-57-43(73)30(60-47(35)77)11-7-13-56-49(50)51/h2-4,8-9,30-36H,5-7,10-27,52H2,1H3,(H,53,67)(H,54,68)(H,55,69)(H,57,73)(H,58,70)(H,59,66)(H,60,77)(H,61,78)(H,62,75)(H,63,74)(H,64,76)(H,71,72)(H4,50,51,56)/t30-,31-,32-,33-,34-,35-,36-/m0/s1. The minimum Gasteiger partial charge on any atom is -0.481 e. The summed E-state index contributed by atoms with van der Waals surface area (Å²) in [6, 6.07) is -1.69. The van der Waals surface area contributed by atoms with Gasteiger partial charge in [-0.15, -0.1) is 11.8 Å². The minimum absolute atomic E-state index is 0.0584. The molecule has 7 atom stereocenters. The van der Waals surface area contributed by atoms with Gasteiger partial charge >= 0.3 is 5.97 Å². The zero-order valence-corrected chi connectivity index (χ0v) is 48.6. The maximum Gasteiger partial charge on any atom is 0.305 e. The van der Waals surface area contributed by atoms with Crippen molar-refractivity contribution in [2.75, 3.05) is 88.8 Å². The summed E-state index contributed by atoms with van der Waals surface area (Å²) in [5.74, 6) is -7.48. The lowest BCUT2D eigenvalue weighted by Crippen LogP contribution is -2.59. The largest absolute Gasteiger partial charge is 0.481 e. The van der Waals surface area contributed by atoms with Crippen molar-refractivity contribution in [3.8, 4) is 0 Å². The van der Waals surface area contributed by atoms with Crippen LogP contribution in [0.1, 0.15) is 51.0 Å². The molecule has 0 radical (unpaired) electrons. The molecule has 1 aromatic carbocycles. The van der Waals surface area contributed by atoms with Crippen LogP contribution in [-0.4, -0.2) is 219 Å². The second-order valence-electron chi connectivity index (χ2n) is 18.7. The van der Waals surface area contributed by atoms with Crippen molar-refractivity contribution in [1.29, 1.82) is 5.41 Å². The summed E-state index contributed by atoms with van der Waals surface area (Å²) in [7, 11) is 1.83. The number of thioether (sulfide) groups is 1. The molecule has 0 unspecified atom stereocenters. The monoisotopic (exact) mass is 1240 g/mol. The Balaban J connectivity index is 1.90. The molecular formula is C49H75N15O17S3. The molecule has 35 heteroatoms. The van der Waals surface area contributed by atoms with Crippen LogP contribution in [0, 0.1) is 5.41 Å². The Morgan fingerprint density at radius 2 is 1.14 bits per heavy atom. The molecule has 2 aliphatic heterocycles. The van der Waals surface area contributed by atoms with Gasteiger partial charge in [-0.3, -0.25) is 72.6 Å².